The van der Waals surface area contributed by atoms with Gasteiger partial charge in [-0.1, -0.05) is 29.3 Å². The molecule has 1 atom stereocenters. The number of rotatable bonds is 2. The van der Waals surface area contributed by atoms with Crippen LogP contribution in [0.1, 0.15) is 36.0 Å². The number of ether oxygens (including phenoxy) is 2. The highest BCUT2D eigenvalue weighted by atomic mass is 35.5. The third-order valence-corrected chi connectivity index (χ3v) is 5.11. The summed E-state index contributed by atoms with van der Waals surface area (Å²) in [5, 5.41) is 0.861. The number of carbonyl (C=O) groups excluding carboxylic acids is 1. The fraction of sp³-hybridized carbons (Fsp3) is 0.562. The van der Waals surface area contributed by atoms with Crippen molar-refractivity contribution in [2.45, 2.75) is 31.3 Å². The summed E-state index contributed by atoms with van der Waals surface area (Å²) in [5.74, 6) is -0.0333. The van der Waals surface area contributed by atoms with Crippen LogP contribution < -0.4 is 0 Å². The number of hydrogen-bond donors (Lipinski definition) is 0. The molecule has 0 radical (unpaired) electrons. The molecule has 1 spiro atoms. The van der Waals surface area contributed by atoms with Crippen LogP contribution >= 0.6 is 23.2 Å². The summed E-state index contributed by atoms with van der Waals surface area (Å²) in [6.07, 6.45) is 3.17. The van der Waals surface area contributed by atoms with Crippen molar-refractivity contribution in [3.05, 3.63) is 33.8 Å². The molecule has 2 aliphatic heterocycles. The Hall–Kier alpha value is -0.610. The lowest BCUT2D eigenvalue weighted by Gasteiger charge is -2.43. The third kappa shape index (κ3) is 3.11. The van der Waals surface area contributed by atoms with Crippen LogP contribution in [0.5, 0.6) is 0 Å². The molecule has 5 heteroatoms. The van der Waals surface area contributed by atoms with Crippen molar-refractivity contribution in [1.82, 2.24) is 0 Å². The molecule has 1 unspecified atom stereocenters. The summed E-state index contributed by atoms with van der Waals surface area (Å²) in [7, 11) is 0. The van der Waals surface area contributed by atoms with Crippen LogP contribution in [-0.2, 0) is 9.47 Å². The lowest BCUT2D eigenvalue weighted by Crippen LogP contribution is -2.46. The van der Waals surface area contributed by atoms with Gasteiger partial charge in [0.05, 0.1) is 21.2 Å². The monoisotopic (exact) mass is 328 g/mol. The molecule has 0 aromatic heterocycles. The maximum atomic E-state index is 12.8. The summed E-state index contributed by atoms with van der Waals surface area (Å²) >= 11 is 12.3. The predicted molar refractivity (Wildman–Crippen MR) is 82.3 cm³/mol. The molecular weight excluding hydrogens is 311 g/mol. The SMILES string of the molecule is O=C(c1c(Cl)cccc1Cl)C1CCOC2(CCOCC2)C1. The van der Waals surface area contributed by atoms with Crippen molar-refractivity contribution in [1.29, 1.82) is 0 Å². The fourth-order valence-electron chi connectivity index (χ4n) is 3.28. The van der Waals surface area contributed by atoms with Gasteiger partial charge in [0.15, 0.2) is 5.78 Å². The van der Waals surface area contributed by atoms with E-state index < -0.39 is 0 Å². The van der Waals surface area contributed by atoms with E-state index >= 15 is 0 Å². The van der Waals surface area contributed by atoms with E-state index in [-0.39, 0.29) is 17.3 Å². The molecule has 0 saturated carbocycles. The Morgan fingerprint density at radius 3 is 2.48 bits per heavy atom. The van der Waals surface area contributed by atoms with Crippen LogP contribution in [0.4, 0.5) is 0 Å². The van der Waals surface area contributed by atoms with E-state index in [2.05, 4.69) is 0 Å². The van der Waals surface area contributed by atoms with Crippen LogP contribution in [0.2, 0.25) is 10.0 Å². The number of hydrogen-bond acceptors (Lipinski definition) is 3. The van der Waals surface area contributed by atoms with Crippen molar-refractivity contribution in [2.75, 3.05) is 19.8 Å². The Kier molecular flexibility index (Phi) is 4.55. The maximum Gasteiger partial charge on any atom is 0.169 e. The molecule has 0 aliphatic carbocycles. The number of benzene rings is 1. The zero-order valence-electron chi connectivity index (χ0n) is 11.7. The second-order valence-electron chi connectivity index (χ2n) is 5.79. The van der Waals surface area contributed by atoms with Gasteiger partial charge in [0, 0.05) is 25.7 Å². The van der Waals surface area contributed by atoms with Crippen molar-refractivity contribution >= 4 is 29.0 Å². The summed E-state index contributed by atoms with van der Waals surface area (Å²) < 4.78 is 11.4. The Morgan fingerprint density at radius 2 is 1.81 bits per heavy atom. The van der Waals surface area contributed by atoms with Crippen LogP contribution in [0.15, 0.2) is 18.2 Å². The Morgan fingerprint density at radius 1 is 1.14 bits per heavy atom. The first-order valence-corrected chi connectivity index (χ1v) is 8.07. The molecule has 1 aromatic carbocycles. The molecule has 0 N–H and O–H groups in total. The van der Waals surface area contributed by atoms with Gasteiger partial charge in [0.1, 0.15) is 0 Å². The van der Waals surface area contributed by atoms with E-state index in [0.717, 1.165) is 25.7 Å². The van der Waals surface area contributed by atoms with Crippen molar-refractivity contribution < 1.29 is 14.3 Å². The van der Waals surface area contributed by atoms with E-state index in [9.17, 15) is 4.79 Å². The number of ketones is 1. The van der Waals surface area contributed by atoms with Crippen molar-refractivity contribution in [3.63, 3.8) is 0 Å². The van der Waals surface area contributed by atoms with E-state index in [1.54, 1.807) is 18.2 Å². The highest BCUT2D eigenvalue weighted by Gasteiger charge is 2.41. The Balaban J connectivity index is 1.81. The Labute approximate surface area is 134 Å². The standard InChI is InChI=1S/C16H18Cl2O3/c17-12-2-1-3-13(18)14(12)15(19)11-4-7-21-16(10-11)5-8-20-9-6-16/h1-3,11H,4-10H2. The minimum atomic E-state index is -0.204. The summed E-state index contributed by atoms with van der Waals surface area (Å²) in [4.78, 5) is 12.8. The summed E-state index contributed by atoms with van der Waals surface area (Å²) in [6.45, 7) is 2.01. The molecule has 114 valence electrons. The highest BCUT2D eigenvalue weighted by molar-refractivity contribution is 6.39. The maximum absolute atomic E-state index is 12.8. The predicted octanol–water partition coefficient (Wildman–Crippen LogP) is 4.15. The second-order valence-corrected chi connectivity index (χ2v) is 6.61. The van der Waals surface area contributed by atoms with Crippen LogP contribution in [0.3, 0.4) is 0 Å². The average molecular weight is 329 g/mol. The smallest absolute Gasteiger partial charge is 0.169 e. The number of halogens is 2. The van der Waals surface area contributed by atoms with E-state index in [1.165, 1.54) is 0 Å². The zero-order chi connectivity index (χ0) is 14.9. The first-order chi connectivity index (χ1) is 10.1. The molecule has 0 bridgehead atoms. The molecule has 3 rings (SSSR count). The molecule has 1 aromatic rings. The van der Waals surface area contributed by atoms with Gasteiger partial charge in [-0.05, 0) is 37.8 Å². The first kappa shape index (κ1) is 15.3. The van der Waals surface area contributed by atoms with E-state index in [1.807, 2.05) is 0 Å². The quantitative estimate of drug-likeness (QED) is 0.765. The third-order valence-electron chi connectivity index (χ3n) is 4.48. The average Bonchev–Trinajstić information content (AvgIpc) is 2.48. The van der Waals surface area contributed by atoms with Gasteiger partial charge in [0.25, 0.3) is 0 Å². The van der Waals surface area contributed by atoms with Gasteiger partial charge >= 0.3 is 0 Å². The topological polar surface area (TPSA) is 35.5 Å². The van der Waals surface area contributed by atoms with Crippen LogP contribution in [0, 0.1) is 5.92 Å². The lowest BCUT2D eigenvalue weighted by molar-refractivity contribution is -0.142. The van der Waals surface area contributed by atoms with Gasteiger partial charge in [-0.3, -0.25) is 4.79 Å². The fourth-order valence-corrected chi connectivity index (χ4v) is 3.86. The minimum Gasteiger partial charge on any atom is -0.381 e. The van der Waals surface area contributed by atoms with Gasteiger partial charge in [-0.2, -0.15) is 0 Å². The van der Waals surface area contributed by atoms with Gasteiger partial charge in [-0.15, -0.1) is 0 Å². The minimum absolute atomic E-state index is 0.0415. The van der Waals surface area contributed by atoms with Crippen molar-refractivity contribution in [2.24, 2.45) is 5.92 Å². The first-order valence-electron chi connectivity index (χ1n) is 7.31. The van der Waals surface area contributed by atoms with E-state index in [4.69, 9.17) is 32.7 Å². The highest BCUT2D eigenvalue weighted by Crippen LogP contribution is 2.39. The largest absolute Gasteiger partial charge is 0.381 e. The molecule has 0 amide bonds. The zero-order valence-corrected chi connectivity index (χ0v) is 13.3. The molecule has 2 heterocycles. The number of Topliss-reactive ketones (excluding diaryl/α,β-unsaturated/α-hetero) is 1. The molecule has 2 aliphatic rings. The van der Waals surface area contributed by atoms with Crippen LogP contribution in [0.25, 0.3) is 0 Å². The summed E-state index contributed by atoms with van der Waals surface area (Å²) in [6, 6.07) is 5.18. The number of carbonyl (C=O) groups is 1. The van der Waals surface area contributed by atoms with Crippen LogP contribution in [-0.4, -0.2) is 31.2 Å². The molecule has 2 saturated heterocycles. The normalized spacial score (nSPS) is 25.0. The van der Waals surface area contributed by atoms with Gasteiger partial charge < -0.3 is 9.47 Å². The summed E-state index contributed by atoms with van der Waals surface area (Å²) in [5.41, 5.74) is 0.250. The van der Waals surface area contributed by atoms with Crippen molar-refractivity contribution in [3.8, 4) is 0 Å². The second kappa shape index (κ2) is 6.25. The molecule has 21 heavy (non-hydrogen) atoms. The Bertz CT molecular complexity index is 513. The van der Waals surface area contributed by atoms with Gasteiger partial charge in [0.2, 0.25) is 0 Å². The molecule has 2 fully saturated rings. The van der Waals surface area contributed by atoms with E-state index in [0.29, 0.717) is 35.4 Å². The molecular formula is C16H18Cl2O3. The van der Waals surface area contributed by atoms with Gasteiger partial charge in [-0.25, -0.2) is 0 Å². The molecule has 3 nitrogen and oxygen atoms in total. The lowest BCUT2D eigenvalue weighted by atomic mass is 9.78.